The third-order valence-electron chi connectivity index (χ3n) is 9.06. The fourth-order valence-electron chi connectivity index (χ4n) is 6.72. The Morgan fingerprint density at radius 2 is 1.93 bits per heavy atom. The zero-order valence-electron chi connectivity index (χ0n) is 23.0. The molecule has 1 aliphatic carbocycles. The van der Waals surface area contributed by atoms with Crippen molar-refractivity contribution in [1.29, 1.82) is 0 Å². The minimum atomic E-state index is -1.76. The second-order valence-electron chi connectivity index (χ2n) is 11.5. The number of fused-ring (bicyclic) bond motifs is 2. The predicted octanol–water partition coefficient (Wildman–Crippen LogP) is 5.22. The fraction of sp³-hybridized carbons (Fsp3) is 0.355. The molecule has 1 saturated heterocycles. The van der Waals surface area contributed by atoms with Gasteiger partial charge >= 0.3 is 0 Å². The van der Waals surface area contributed by atoms with Gasteiger partial charge in [-0.15, -0.1) is 0 Å². The molecule has 3 aromatic carbocycles. The van der Waals surface area contributed by atoms with E-state index in [-0.39, 0.29) is 34.0 Å². The van der Waals surface area contributed by atoms with Gasteiger partial charge in [-0.25, -0.2) is 4.39 Å². The van der Waals surface area contributed by atoms with E-state index in [9.17, 15) is 24.2 Å². The van der Waals surface area contributed by atoms with E-state index < -0.39 is 59.4 Å². The van der Waals surface area contributed by atoms with Gasteiger partial charge in [0.05, 0.1) is 30.5 Å². The van der Waals surface area contributed by atoms with Crippen LogP contribution in [0.5, 0.6) is 5.75 Å². The molecule has 4 atom stereocenters. The molecule has 2 heterocycles. The van der Waals surface area contributed by atoms with Crippen LogP contribution in [-0.4, -0.2) is 47.9 Å². The van der Waals surface area contributed by atoms with Crippen molar-refractivity contribution in [1.82, 2.24) is 5.32 Å². The highest BCUT2D eigenvalue weighted by molar-refractivity contribution is 6.31. The Morgan fingerprint density at radius 3 is 2.60 bits per heavy atom. The topological polar surface area (TPSA) is 120 Å². The van der Waals surface area contributed by atoms with Crippen molar-refractivity contribution in [3.63, 3.8) is 0 Å². The summed E-state index contributed by atoms with van der Waals surface area (Å²) in [6.45, 7) is -0.594. The van der Waals surface area contributed by atoms with Crippen LogP contribution in [0.3, 0.4) is 0 Å². The summed E-state index contributed by atoms with van der Waals surface area (Å²) in [4.78, 5) is 28.4. The largest absolute Gasteiger partial charge is 0.495 e. The Bertz CT molecular complexity index is 1620. The normalized spacial score (nSPS) is 25.1. The molecule has 5 N–H and O–H groups in total. The molecule has 3 aliphatic rings. The van der Waals surface area contributed by atoms with Crippen molar-refractivity contribution >= 4 is 46.4 Å². The van der Waals surface area contributed by atoms with Crippen molar-refractivity contribution in [3.05, 3.63) is 87.2 Å². The summed E-state index contributed by atoms with van der Waals surface area (Å²) in [6, 6.07) is 11.6. The molecule has 226 valence electrons. The molecule has 8 nitrogen and oxygen atoms in total. The van der Waals surface area contributed by atoms with E-state index >= 15 is 4.39 Å². The number of alkyl halides is 1. The minimum absolute atomic E-state index is 0.0522. The summed E-state index contributed by atoms with van der Waals surface area (Å²) in [5, 5.41) is 28.4. The van der Waals surface area contributed by atoms with Crippen molar-refractivity contribution < 1.29 is 33.3 Å². The van der Waals surface area contributed by atoms with Gasteiger partial charge in [0.25, 0.3) is 0 Å². The lowest BCUT2D eigenvalue weighted by molar-refractivity contribution is -0.122. The maximum Gasteiger partial charge on any atom is 0.242 e. The van der Waals surface area contributed by atoms with Crippen molar-refractivity contribution in [2.45, 2.75) is 49.0 Å². The van der Waals surface area contributed by atoms with Crippen LogP contribution in [0.25, 0.3) is 0 Å². The number of carbonyl (C=O) groups is 2. The van der Waals surface area contributed by atoms with E-state index in [0.29, 0.717) is 29.1 Å². The van der Waals surface area contributed by atoms with E-state index in [1.54, 1.807) is 24.3 Å². The highest BCUT2D eigenvalue weighted by Gasteiger charge is 2.67. The zero-order chi connectivity index (χ0) is 30.7. The van der Waals surface area contributed by atoms with Crippen LogP contribution in [0.15, 0.2) is 54.6 Å². The summed E-state index contributed by atoms with van der Waals surface area (Å²) >= 11 is 12.5. The van der Waals surface area contributed by atoms with Gasteiger partial charge in [0, 0.05) is 33.6 Å². The summed E-state index contributed by atoms with van der Waals surface area (Å²) < 4.78 is 35.6. The van der Waals surface area contributed by atoms with Gasteiger partial charge in [0.2, 0.25) is 11.8 Å². The molecule has 1 spiro atoms. The first-order chi connectivity index (χ1) is 20.5. The van der Waals surface area contributed by atoms with E-state index in [2.05, 4.69) is 16.0 Å². The third kappa shape index (κ3) is 4.85. The number of benzene rings is 3. The smallest absolute Gasteiger partial charge is 0.242 e. The molecular weight excluding hydrogens is 603 g/mol. The Hall–Kier alpha value is -3.28. The molecular formula is C31H29Cl2F2N3O5. The highest BCUT2D eigenvalue weighted by atomic mass is 35.5. The number of ether oxygens (including phenoxy) is 1. The summed E-state index contributed by atoms with van der Waals surface area (Å²) in [6.07, 6.45) is -0.278. The van der Waals surface area contributed by atoms with Crippen molar-refractivity contribution in [2.75, 3.05) is 24.4 Å². The predicted molar refractivity (Wildman–Crippen MR) is 158 cm³/mol. The Kier molecular flexibility index (Phi) is 7.63. The molecule has 2 amide bonds. The van der Waals surface area contributed by atoms with Gasteiger partial charge in [0.1, 0.15) is 17.0 Å². The van der Waals surface area contributed by atoms with Crippen LogP contribution in [0, 0.1) is 11.2 Å². The second kappa shape index (κ2) is 11.0. The molecule has 0 bridgehead atoms. The van der Waals surface area contributed by atoms with Gasteiger partial charge in [-0.1, -0.05) is 47.5 Å². The number of rotatable bonds is 8. The van der Waals surface area contributed by atoms with Gasteiger partial charge in [0.15, 0.2) is 6.29 Å². The first-order valence-electron chi connectivity index (χ1n) is 13.8. The van der Waals surface area contributed by atoms with Gasteiger partial charge in [-0.2, -0.15) is 0 Å². The molecule has 0 radical (unpaired) electrons. The monoisotopic (exact) mass is 631 g/mol. The number of amides is 2. The maximum absolute atomic E-state index is 15.9. The van der Waals surface area contributed by atoms with E-state index in [0.717, 1.165) is 0 Å². The number of aliphatic hydroxyl groups is 2. The van der Waals surface area contributed by atoms with Crippen LogP contribution >= 0.6 is 23.2 Å². The van der Waals surface area contributed by atoms with Crippen molar-refractivity contribution in [2.24, 2.45) is 5.41 Å². The average molecular weight is 632 g/mol. The second-order valence-corrected chi connectivity index (χ2v) is 12.3. The molecule has 6 rings (SSSR count). The zero-order valence-corrected chi connectivity index (χ0v) is 24.5. The average Bonchev–Trinajstić information content (AvgIpc) is 3.60. The van der Waals surface area contributed by atoms with Gasteiger partial charge < -0.3 is 30.9 Å². The molecule has 3 aromatic rings. The number of anilines is 2. The van der Waals surface area contributed by atoms with Crippen LogP contribution in [0.4, 0.5) is 20.2 Å². The molecule has 1 saturated carbocycles. The van der Waals surface area contributed by atoms with Gasteiger partial charge in [-0.05, 0) is 60.7 Å². The maximum atomic E-state index is 15.9. The number of halogens is 4. The van der Waals surface area contributed by atoms with E-state index in [1.807, 2.05) is 0 Å². The number of carbonyl (C=O) groups excluding carboxylic acids is 2. The van der Waals surface area contributed by atoms with Gasteiger partial charge in [-0.3, -0.25) is 14.0 Å². The number of aliphatic hydroxyl groups excluding tert-OH is 1. The van der Waals surface area contributed by atoms with Crippen LogP contribution in [0.1, 0.15) is 48.2 Å². The van der Waals surface area contributed by atoms with E-state index in [1.165, 1.54) is 37.4 Å². The molecule has 2 fully saturated rings. The molecule has 0 unspecified atom stereocenters. The number of methoxy groups -OCH3 is 1. The van der Waals surface area contributed by atoms with Crippen LogP contribution < -0.4 is 20.7 Å². The molecule has 12 heteroatoms. The standard InChI is InChI=1S/C31H29Cl2F2N3O5/c1-43-22-11-15(28(40)41)5-8-20(22)36-27(39)26-24(17-3-2-4-19(33)25(17)35)31(23(38-26)13-30(14-34)9-10-30)18-7-6-16(32)12-21(18)37-29(31)42/h2-8,11-12,23-24,26,28,38,40-41H,9-10,13-14H2,1H3,(H,36,39)(H,37,42)/t23-,24-,26+,31+/m0/s1. The first-order valence-corrected chi connectivity index (χ1v) is 14.5. The molecule has 2 aliphatic heterocycles. The summed E-state index contributed by atoms with van der Waals surface area (Å²) in [5.41, 5.74) is -0.815. The van der Waals surface area contributed by atoms with E-state index in [4.69, 9.17) is 27.9 Å². The molecule has 43 heavy (non-hydrogen) atoms. The summed E-state index contributed by atoms with van der Waals surface area (Å²) in [7, 11) is 1.36. The van der Waals surface area contributed by atoms with Crippen molar-refractivity contribution in [3.8, 4) is 5.75 Å². The van der Waals surface area contributed by atoms with Crippen LogP contribution in [-0.2, 0) is 15.0 Å². The lowest BCUT2D eigenvalue weighted by Gasteiger charge is -2.36. The quantitative estimate of drug-likeness (QED) is 0.218. The highest BCUT2D eigenvalue weighted by Crippen LogP contribution is 2.60. The lowest BCUT2D eigenvalue weighted by Crippen LogP contribution is -2.49. The minimum Gasteiger partial charge on any atom is -0.495 e. The fourth-order valence-corrected chi connectivity index (χ4v) is 7.08. The number of hydrogen-bond donors (Lipinski definition) is 5. The van der Waals surface area contributed by atoms with Crippen LogP contribution in [0.2, 0.25) is 10.0 Å². The SMILES string of the molecule is COc1cc(C(O)O)ccc1NC(=O)[C@@H]1N[C@@H](CC2(CF)CC2)[C@@]2(C(=O)Nc3cc(Cl)ccc32)[C@H]1c1cccc(Cl)c1F. The molecule has 0 aromatic heterocycles. The first kappa shape index (κ1) is 29.8. The Labute approximate surface area is 256 Å². The Balaban J connectivity index is 1.52. The lowest BCUT2D eigenvalue weighted by atomic mass is 9.63. The third-order valence-corrected chi connectivity index (χ3v) is 9.59. The number of nitrogens with one attached hydrogen (secondary N) is 3. The number of hydrogen-bond acceptors (Lipinski definition) is 6. The Morgan fingerprint density at radius 1 is 1.16 bits per heavy atom. The summed E-state index contributed by atoms with van der Waals surface area (Å²) in [5.74, 6) is -2.80.